The molecular weight excluding hydrogens is 563 g/mol. The van der Waals surface area contributed by atoms with Gasteiger partial charge in [-0.2, -0.15) is 0 Å². The van der Waals surface area contributed by atoms with Gasteiger partial charge in [0.05, 0.1) is 16.6 Å². The predicted octanol–water partition coefficient (Wildman–Crippen LogP) is 11.7. The maximum atomic E-state index is 2.45. The number of para-hydroxylation sites is 3. The Morgan fingerprint density at radius 3 is 1.87 bits per heavy atom. The lowest BCUT2D eigenvalue weighted by Crippen LogP contribution is -2.00. The van der Waals surface area contributed by atoms with Crippen molar-refractivity contribution in [1.82, 2.24) is 9.13 Å². The van der Waals surface area contributed by atoms with Crippen LogP contribution in [0.15, 0.2) is 140 Å². The number of benzene rings is 6. The van der Waals surface area contributed by atoms with Gasteiger partial charge in [0.1, 0.15) is 0 Å². The fourth-order valence-electron chi connectivity index (χ4n) is 7.69. The molecule has 1 unspecified atom stereocenters. The summed E-state index contributed by atoms with van der Waals surface area (Å²) in [5.74, 6) is 0. The molecule has 0 fully saturated rings. The van der Waals surface area contributed by atoms with E-state index in [-0.39, 0.29) is 0 Å². The third-order valence-corrected chi connectivity index (χ3v) is 11.1. The first-order chi connectivity index (χ1) is 22.3. The number of hydrogen-bond acceptors (Lipinski definition) is 0. The first-order valence-electron chi connectivity index (χ1n) is 15.8. The normalized spacial score (nSPS) is 13.2. The molecule has 0 aliphatic heterocycles. The van der Waals surface area contributed by atoms with Crippen LogP contribution in [0.5, 0.6) is 0 Å². The standard InChI is InChI=1S/C42H29N2P/c1-5-16-37-31(12-1)32-13-2-6-17-38(32)43(37)29-11-9-10-27(24-29)28-20-22-41-35(25-28)36-26-30(21-23-42(36)45-41)44-39-18-7-3-14-33(39)34-15-4-8-19-40(34)44/h1,3-12,14-26,45H,2,13H2. The molecule has 45 heavy (non-hydrogen) atoms. The minimum atomic E-state index is 0.679. The van der Waals surface area contributed by atoms with Crippen molar-refractivity contribution >= 4 is 68.0 Å². The van der Waals surface area contributed by atoms with Crippen LogP contribution in [-0.2, 0) is 6.42 Å². The Morgan fingerprint density at radius 2 is 1.09 bits per heavy atom. The Bertz CT molecular complexity index is 2610. The van der Waals surface area contributed by atoms with E-state index in [2.05, 4.69) is 155 Å². The van der Waals surface area contributed by atoms with Gasteiger partial charge >= 0.3 is 0 Å². The highest BCUT2D eigenvalue weighted by atomic mass is 31.0. The van der Waals surface area contributed by atoms with Crippen molar-refractivity contribution in [2.75, 3.05) is 0 Å². The number of fused-ring (bicyclic) bond motifs is 9. The number of aromatic nitrogens is 2. The van der Waals surface area contributed by atoms with Crippen molar-refractivity contribution in [3.05, 3.63) is 151 Å². The molecule has 0 amide bonds. The van der Waals surface area contributed by atoms with Crippen molar-refractivity contribution in [1.29, 1.82) is 0 Å². The molecule has 6 aromatic carbocycles. The van der Waals surface area contributed by atoms with Crippen molar-refractivity contribution < 1.29 is 0 Å². The van der Waals surface area contributed by atoms with Gasteiger partial charge in [0.25, 0.3) is 0 Å². The third kappa shape index (κ3) is 3.70. The summed E-state index contributed by atoms with van der Waals surface area (Å²) in [5.41, 5.74) is 11.5. The summed E-state index contributed by atoms with van der Waals surface area (Å²) in [6, 6.07) is 49.6. The van der Waals surface area contributed by atoms with Crippen LogP contribution in [0, 0.1) is 0 Å². The number of allylic oxidation sites excluding steroid dienone is 1. The molecule has 1 aliphatic carbocycles. The number of aryl methyl sites for hydroxylation is 1. The van der Waals surface area contributed by atoms with E-state index in [0.717, 1.165) is 12.8 Å². The van der Waals surface area contributed by atoms with Crippen LogP contribution >= 0.6 is 8.19 Å². The van der Waals surface area contributed by atoms with Gasteiger partial charge in [-0.1, -0.05) is 78.9 Å². The average molecular weight is 593 g/mol. The van der Waals surface area contributed by atoms with Crippen molar-refractivity contribution in [2.45, 2.75) is 12.8 Å². The van der Waals surface area contributed by atoms with E-state index in [1.54, 1.807) is 0 Å². The van der Waals surface area contributed by atoms with E-state index >= 15 is 0 Å². The van der Waals surface area contributed by atoms with Crippen molar-refractivity contribution in [3.63, 3.8) is 0 Å². The minimum absolute atomic E-state index is 0.679. The Morgan fingerprint density at radius 1 is 0.467 bits per heavy atom. The second-order valence-corrected chi connectivity index (χ2v) is 13.5. The second kappa shape index (κ2) is 9.60. The molecule has 0 N–H and O–H groups in total. The first kappa shape index (κ1) is 25.1. The first-order valence-corrected chi connectivity index (χ1v) is 16.8. The van der Waals surface area contributed by atoms with Crippen LogP contribution in [0.25, 0.3) is 82.3 Å². The fourth-order valence-corrected chi connectivity index (χ4v) is 9.00. The molecular formula is C42H29N2P. The molecule has 9 aromatic rings. The Balaban J connectivity index is 1.14. The predicted molar refractivity (Wildman–Crippen MR) is 195 cm³/mol. The van der Waals surface area contributed by atoms with E-state index in [0.29, 0.717) is 8.19 Å². The second-order valence-electron chi connectivity index (χ2n) is 12.2. The van der Waals surface area contributed by atoms with Gasteiger partial charge in [-0.15, -0.1) is 8.19 Å². The monoisotopic (exact) mass is 592 g/mol. The smallest absolute Gasteiger partial charge is 0.0541 e. The molecule has 1 atom stereocenters. The van der Waals surface area contributed by atoms with Gasteiger partial charge in [0, 0.05) is 33.2 Å². The summed E-state index contributed by atoms with van der Waals surface area (Å²) in [7, 11) is 0.679. The molecule has 3 heterocycles. The maximum absolute atomic E-state index is 2.45. The zero-order chi connectivity index (χ0) is 29.5. The van der Waals surface area contributed by atoms with Gasteiger partial charge in [-0.3, -0.25) is 0 Å². The van der Waals surface area contributed by atoms with E-state index in [4.69, 9.17) is 0 Å². The SMILES string of the molecule is C1=Cc2c(c3ccccc3n2-c2cccc(-c3ccc4[pH]c5ccc(-n6c7ccccc7c7ccccc76)cc5c4c3)c2)CC1. The van der Waals surface area contributed by atoms with Crippen molar-refractivity contribution in [3.8, 4) is 22.5 Å². The molecule has 0 bridgehead atoms. The zero-order valence-electron chi connectivity index (χ0n) is 24.7. The molecule has 10 rings (SSSR count). The zero-order valence-corrected chi connectivity index (χ0v) is 25.7. The lowest BCUT2D eigenvalue weighted by molar-refractivity contribution is 0.968. The molecule has 0 saturated carbocycles. The number of rotatable bonds is 3. The van der Waals surface area contributed by atoms with E-state index in [1.807, 2.05) is 0 Å². The van der Waals surface area contributed by atoms with Crippen LogP contribution in [0.1, 0.15) is 17.7 Å². The Hall–Kier alpha value is -5.30. The minimum Gasteiger partial charge on any atom is -0.310 e. The van der Waals surface area contributed by atoms with Gasteiger partial charge in [0.15, 0.2) is 0 Å². The maximum Gasteiger partial charge on any atom is 0.0541 e. The molecule has 0 radical (unpaired) electrons. The lowest BCUT2D eigenvalue weighted by Gasteiger charge is -2.13. The summed E-state index contributed by atoms with van der Waals surface area (Å²) in [6.07, 6.45) is 6.83. The Kier molecular flexibility index (Phi) is 5.35. The number of nitrogens with zero attached hydrogens (tertiary/aromatic N) is 2. The fraction of sp³-hybridized carbons (Fsp3) is 0.0476. The molecule has 0 saturated heterocycles. The van der Waals surface area contributed by atoms with Crippen LogP contribution in [0.3, 0.4) is 0 Å². The van der Waals surface area contributed by atoms with E-state index in [9.17, 15) is 0 Å². The van der Waals surface area contributed by atoms with Gasteiger partial charge in [0.2, 0.25) is 0 Å². The quantitative estimate of drug-likeness (QED) is 0.193. The van der Waals surface area contributed by atoms with E-state index < -0.39 is 0 Å². The van der Waals surface area contributed by atoms with Crippen LogP contribution in [-0.4, -0.2) is 9.13 Å². The summed E-state index contributed by atoms with van der Waals surface area (Å²) < 4.78 is 4.88. The third-order valence-electron chi connectivity index (χ3n) is 9.72. The topological polar surface area (TPSA) is 9.86 Å². The van der Waals surface area contributed by atoms with Crippen molar-refractivity contribution in [2.24, 2.45) is 0 Å². The molecule has 1 aliphatic rings. The number of hydrogen-bond donors (Lipinski definition) is 0. The largest absolute Gasteiger partial charge is 0.310 e. The van der Waals surface area contributed by atoms with Crippen LogP contribution in [0.4, 0.5) is 0 Å². The summed E-state index contributed by atoms with van der Waals surface area (Å²) in [5, 5.41) is 9.54. The summed E-state index contributed by atoms with van der Waals surface area (Å²) in [4.78, 5) is 0. The molecule has 3 aromatic heterocycles. The Labute approximate surface area is 262 Å². The van der Waals surface area contributed by atoms with Gasteiger partial charge < -0.3 is 9.13 Å². The summed E-state index contributed by atoms with van der Waals surface area (Å²) >= 11 is 0. The van der Waals surface area contributed by atoms with Crippen LogP contribution < -0.4 is 0 Å². The highest BCUT2D eigenvalue weighted by molar-refractivity contribution is 7.43. The molecule has 3 heteroatoms. The highest BCUT2D eigenvalue weighted by Crippen LogP contribution is 2.42. The van der Waals surface area contributed by atoms with Crippen LogP contribution in [0.2, 0.25) is 0 Å². The lowest BCUT2D eigenvalue weighted by atomic mass is 10.0. The molecule has 2 nitrogen and oxygen atoms in total. The van der Waals surface area contributed by atoms with Gasteiger partial charge in [-0.25, -0.2) is 0 Å². The van der Waals surface area contributed by atoms with Gasteiger partial charge in [-0.05, 0) is 117 Å². The molecule has 0 spiro atoms. The average Bonchev–Trinajstić information content (AvgIpc) is 3.75. The highest BCUT2D eigenvalue weighted by Gasteiger charge is 2.19. The summed E-state index contributed by atoms with van der Waals surface area (Å²) in [6.45, 7) is 0. The van der Waals surface area contributed by atoms with E-state index in [1.165, 1.54) is 87.5 Å². The molecule has 212 valence electrons.